The molecule has 0 saturated heterocycles. The number of halogens is 2. The Morgan fingerprint density at radius 3 is 2.76 bits per heavy atom. The summed E-state index contributed by atoms with van der Waals surface area (Å²) in [7, 11) is 0. The standard InChI is InChI=1S/C11H13F2NO3/c1-2-16-10-7(4-3-5-8(10)14)11(15)17-6-9(12)13/h3-5,9H,2,6,14H2,1H3. The van der Waals surface area contributed by atoms with Crippen LogP contribution in [0, 0.1) is 0 Å². The Balaban J connectivity index is 2.88. The molecule has 0 fully saturated rings. The molecule has 2 N–H and O–H groups in total. The van der Waals surface area contributed by atoms with Crippen LogP contribution in [0.15, 0.2) is 18.2 Å². The summed E-state index contributed by atoms with van der Waals surface area (Å²) in [5, 5.41) is 0. The third-order valence-electron chi connectivity index (χ3n) is 1.89. The first-order valence-corrected chi connectivity index (χ1v) is 5.02. The third-order valence-corrected chi connectivity index (χ3v) is 1.89. The van der Waals surface area contributed by atoms with Gasteiger partial charge in [0.25, 0.3) is 6.43 Å². The van der Waals surface area contributed by atoms with Crippen molar-refractivity contribution in [2.75, 3.05) is 18.9 Å². The number of benzene rings is 1. The zero-order chi connectivity index (χ0) is 12.8. The number of alkyl halides is 2. The molecule has 0 bridgehead atoms. The van der Waals surface area contributed by atoms with Gasteiger partial charge in [0, 0.05) is 0 Å². The van der Waals surface area contributed by atoms with Crippen molar-refractivity contribution in [1.29, 1.82) is 0 Å². The molecule has 0 unspecified atom stereocenters. The van der Waals surface area contributed by atoms with Crippen molar-refractivity contribution < 1.29 is 23.0 Å². The molecule has 1 aromatic carbocycles. The number of hydrogen-bond donors (Lipinski definition) is 1. The molecule has 0 heterocycles. The SMILES string of the molecule is CCOc1c(N)cccc1C(=O)OCC(F)F. The highest BCUT2D eigenvalue weighted by Gasteiger charge is 2.17. The monoisotopic (exact) mass is 245 g/mol. The molecule has 6 heteroatoms. The molecule has 0 aliphatic rings. The van der Waals surface area contributed by atoms with Crippen LogP contribution in [0.1, 0.15) is 17.3 Å². The average Bonchev–Trinajstić information content (AvgIpc) is 2.29. The van der Waals surface area contributed by atoms with E-state index in [9.17, 15) is 13.6 Å². The first kappa shape index (κ1) is 13.2. The summed E-state index contributed by atoms with van der Waals surface area (Å²) < 4.78 is 33.4. The van der Waals surface area contributed by atoms with Crippen molar-refractivity contribution in [2.24, 2.45) is 0 Å². The zero-order valence-corrected chi connectivity index (χ0v) is 9.28. The van der Waals surface area contributed by atoms with Crippen LogP contribution in [0.25, 0.3) is 0 Å². The third kappa shape index (κ3) is 3.58. The van der Waals surface area contributed by atoms with E-state index in [2.05, 4.69) is 4.74 Å². The van der Waals surface area contributed by atoms with Crippen LogP contribution in [0.4, 0.5) is 14.5 Å². The molecule has 0 radical (unpaired) electrons. The molecule has 0 aromatic heterocycles. The largest absolute Gasteiger partial charge is 0.491 e. The fourth-order valence-electron chi connectivity index (χ4n) is 1.24. The molecule has 17 heavy (non-hydrogen) atoms. The summed E-state index contributed by atoms with van der Waals surface area (Å²) in [5.74, 6) is -0.713. The molecule has 1 aromatic rings. The summed E-state index contributed by atoms with van der Waals surface area (Å²) >= 11 is 0. The van der Waals surface area contributed by atoms with Crippen molar-refractivity contribution in [2.45, 2.75) is 13.3 Å². The Morgan fingerprint density at radius 1 is 1.47 bits per heavy atom. The van der Waals surface area contributed by atoms with E-state index in [0.29, 0.717) is 6.61 Å². The lowest BCUT2D eigenvalue weighted by Gasteiger charge is -2.11. The highest BCUT2D eigenvalue weighted by atomic mass is 19.3. The van der Waals surface area contributed by atoms with E-state index >= 15 is 0 Å². The van der Waals surface area contributed by atoms with Crippen molar-refractivity contribution >= 4 is 11.7 Å². The van der Waals surface area contributed by atoms with E-state index < -0.39 is 19.0 Å². The minimum absolute atomic E-state index is 0.0486. The van der Waals surface area contributed by atoms with Crippen molar-refractivity contribution in [1.82, 2.24) is 0 Å². The number of anilines is 1. The second-order valence-corrected chi connectivity index (χ2v) is 3.15. The smallest absolute Gasteiger partial charge is 0.342 e. The molecule has 94 valence electrons. The first-order chi connectivity index (χ1) is 8.06. The molecular formula is C11H13F2NO3. The summed E-state index contributed by atoms with van der Waals surface area (Å²) in [6, 6.07) is 4.49. The molecule has 0 aliphatic heterocycles. The number of hydrogen-bond acceptors (Lipinski definition) is 4. The lowest BCUT2D eigenvalue weighted by Crippen LogP contribution is -2.13. The highest BCUT2D eigenvalue weighted by molar-refractivity contribution is 5.94. The number of ether oxygens (including phenoxy) is 2. The second kappa shape index (κ2) is 6.03. The van der Waals surface area contributed by atoms with E-state index in [0.717, 1.165) is 0 Å². The Labute approximate surface area is 97.3 Å². The van der Waals surface area contributed by atoms with Crippen molar-refractivity contribution in [3.63, 3.8) is 0 Å². The zero-order valence-electron chi connectivity index (χ0n) is 9.28. The summed E-state index contributed by atoms with van der Waals surface area (Å²) in [6.45, 7) is 1.09. The number of carbonyl (C=O) groups is 1. The van der Waals surface area contributed by atoms with Gasteiger partial charge in [0.05, 0.1) is 12.3 Å². The number of nitrogens with two attached hydrogens (primary N) is 1. The van der Waals surface area contributed by atoms with Crippen LogP contribution in [0.3, 0.4) is 0 Å². The van der Waals surface area contributed by atoms with Crippen LogP contribution in [0.5, 0.6) is 5.75 Å². The van der Waals surface area contributed by atoms with E-state index in [1.807, 2.05) is 0 Å². The van der Waals surface area contributed by atoms with Crippen LogP contribution in [-0.2, 0) is 4.74 Å². The van der Waals surface area contributed by atoms with Crippen LogP contribution in [0.2, 0.25) is 0 Å². The van der Waals surface area contributed by atoms with Gasteiger partial charge in [0.1, 0.15) is 5.56 Å². The predicted molar refractivity (Wildman–Crippen MR) is 58.3 cm³/mol. The topological polar surface area (TPSA) is 61.5 Å². The van der Waals surface area contributed by atoms with Gasteiger partial charge in [-0.25, -0.2) is 13.6 Å². The fourth-order valence-corrected chi connectivity index (χ4v) is 1.24. The average molecular weight is 245 g/mol. The molecular weight excluding hydrogens is 232 g/mol. The van der Waals surface area contributed by atoms with Crippen molar-refractivity contribution in [3.05, 3.63) is 23.8 Å². The van der Waals surface area contributed by atoms with Gasteiger partial charge >= 0.3 is 5.97 Å². The quantitative estimate of drug-likeness (QED) is 0.637. The number of para-hydroxylation sites is 1. The van der Waals surface area contributed by atoms with Gasteiger partial charge in [-0.05, 0) is 19.1 Å². The highest BCUT2D eigenvalue weighted by Crippen LogP contribution is 2.27. The molecule has 0 spiro atoms. The van der Waals surface area contributed by atoms with Gasteiger partial charge in [-0.15, -0.1) is 0 Å². The van der Waals surface area contributed by atoms with Gasteiger partial charge in [-0.3, -0.25) is 0 Å². The minimum Gasteiger partial charge on any atom is -0.491 e. The predicted octanol–water partition coefficient (Wildman–Crippen LogP) is 2.09. The Morgan fingerprint density at radius 2 is 2.18 bits per heavy atom. The van der Waals surface area contributed by atoms with Gasteiger partial charge in [0.15, 0.2) is 12.4 Å². The van der Waals surface area contributed by atoms with Crippen molar-refractivity contribution in [3.8, 4) is 5.75 Å². The fraction of sp³-hybridized carbons (Fsp3) is 0.364. The molecule has 0 amide bonds. The maximum absolute atomic E-state index is 11.9. The number of nitrogen functional groups attached to an aromatic ring is 1. The van der Waals surface area contributed by atoms with E-state index in [4.69, 9.17) is 10.5 Å². The normalized spacial score (nSPS) is 10.4. The maximum atomic E-state index is 11.9. The van der Waals surface area contributed by atoms with Crippen LogP contribution >= 0.6 is 0 Å². The van der Waals surface area contributed by atoms with Crippen LogP contribution in [-0.4, -0.2) is 25.6 Å². The Hall–Kier alpha value is -1.85. The summed E-state index contributed by atoms with van der Waals surface area (Å²) in [6.07, 6.45) is -2.70. The minimum atomic E-state index is -2.70. The van der Waals surface area contributed by atoms with Crippen LogP contribution < -0.4 is 10.5 Å². The van der Waals surface area contributed by atoms with Gasteiger partial charge < -0.3 is 15.2 Å². The molecule has 4 nitrogen and oxygen atoms in total. The molecule has 0 atom stereocenters. The Bertz CT molecular complexity index is 396. The molecule has 1 rings (SSSR count). The molecule has 0 saturated carbocycles. The number of carbonyl (C=O) groups excluding carboxylic acids is 1. The lowest BCUT2D eigenvalue weighted by molar-refractivity contribution is 0.0157. The van der Waals surface area contributed by atoms with Gasteiger partial charge in [-0.2, -0.15) is 0 Å². The van der Waals surface area contributed by atoms with Gasteiger partial charge in [-0.1, -0.05) is 6.07 Å². The second-order valence-electron chi connectivity index (χ2n) is 3.15. The van der Waals surface area contributed by atoms with E-state index in [1.165, 1.54) is 12.1 Å². The number of rotatable bonds is 5. The molecule has 0 aliphatic carbocycles. The van der Waals surface area contributed by atoms with Gasteiger partial charge in [0.2, 0.25) is 0 Å². The lowest BCUT2D eigenvalue weighted by atomic mass is 10.2. The number of esters is 1. The van der Waals surface area contributed by atoms with E-state index in [1.54, 1.807) is 13.0 Å². The summed E-state index contributed by atoms with van der Waals surface area (Å²) in [4.78, 5) is 11.5. The summed E-state index contributed by atoms with van der Waals surface area (Å²) in [5.41, 5.74) is 5.93. The Kier molecular flexibility index (Phi) is 4.68. The maximum Gasteiger partial charge on any atom is 0.342 e. The first-order valence-electron chi connectivity index (χ1n) is 5.02. The van der Waals surface area contributed by atoms with E-state index in [-0.39, 0.29) is 17.0 Å².